The number of hydrogen-bond acceptors (Lipinski definition) is 4. The van der Waals surface area contributed by atoms with Gasteiger partial charge in [-0.25, -0.2) is 13.6 Å². The quantitative estimate of drug-likeness (QED) is 0.511. The standard InChI is InChI=1S/C9H21N3O3S/c1-3-7(2)8(10)9(13)12-5-4-6-16(11,14)15/h7-8H,3-6,10H2,1-2H3,(H,12,13)(H2,11,14,15)/t7-,8-/m0/s1. The van der Waals surface area contributed by atoms with E-state index in [1.807, 2.05) is 13.8 Å². The minimum absolute atomic E-state index is 0.109. The summed E-state index contributed by atoms with van der Waals surface area (Å²) in [7, 11) is -3.45. The van der Waals surface area contributed by atoms with Crippen LogP contribution in [-0.4, -0.2) is 32.7 Å². The first kappa shape index (κ1) is 15.3. The van der Waals surface area contributed by atoms with Crippen molar-refractivity contribution in [3.8, 4) is 0 Å². The highest BCUT2D eigenvalue weighted by atomic mass is 32.2. The van der Waals surface area contributed by atoms with Crippen LogP contribution in [0.1, 0.15) is 26.7 Å². The van der Waals surface area contributed by atoms with E-state index in [1.54, 1.807) is 0 Å². The molecule has 0 rings (SSSR count). The molecule has 0 aliphatic rings. The minimum Gasteiger partial charge on any atom is -0.355 e. The van der Waals surface area contributed by atoms with E-state index in [1.165, 1.54) is 0 Å². The Balaban J connectivity index is 3.82. The second-order valence-electron chi connectivity index (χ2n) is 3.92. The number of carbonyl (C=O) groups is 1. The van der Waals surface area contributed by atoms with E-state index >= 15 is 0 Å². The number of carbonyl (C=O) groups excluding carboxylic acids is 1. The molecule has 0 aliphatic carbocycles. The molecule has 0 spiro atoms. The minimum atomic E-state index is -3.45. The largest absolute Gasteiger partial charge is 0.355 e. The Kier molecular flexibility index (Phi) is 6.54. The fourth-order valence-electron chi connectivity index (χ4n) is 1.12. The van der Waals surface area contributed by atoms with Gasteiger partial charge in [0.05, 0.1) is 11.8 Å². The molecule has 96 valence electrons. The van der Waals surface area contributed by atoms with Crippen LogP contribution in [0.3, 0.4) is 0 Å². The van der Waals surface area contributed by atoms with Gasteiger partial charge >= 0.3 is 0 Å². The van der Waals surface area contributed by atoms with Gasteiger partial charge in [-0.05, 0) is 12.3 Å². The monoisotopic (exact) mass is 251 g/mol. The number of rotatable bonds is 7. The molecule has 0 unspecified atom stereocenters. The first-order valence-corrected chi connectivity index (χ1v) is 7.03. The summed E-state index contributed by atoms with van der Waals surface area (Å²) in [4.78, 5) is 11.5. The molecule has 1 amide bonds. The van der Waals surface area contributed by atoms with Gasteiger partial charge in [0, 0.05) is 6.54 Å². The van der Waals surface area contributed by atoms with Crippen molar-refractivity contribution in [2.45, 2.75) is 32.7 Å². The van der Waals surface area contributed by atoms with E-state index < -0.39 is 16.1 Å². The molecular weight excluding hydrogens is 230 g/mol. The zero-order chi connectivity index (χ0) is 12.8. The average molecular weight is 251 g/mol. The number of nitrogens with two attached hydrogens (primary N) is 2. The summed E-state index contributed by atoms with van der Waals surface area (Å²) in [6.45, 7) is 4.13. The van der Waals surface area contributed by atoms with Crippen LogP contribution < -0.4 is 16.2 Å². The Morgan fingerprint density at radius 2 is 2.00 bits per heavy atom. The molecule has 0 saturated carbocycles. The smallest absolute Gasteiger partial charge is 0.237 e. The zero-order valence-corrected chi connectivity index (χ0v) is 10.6. The highest BCUT2D eigenvalue weighted by Crippen LogP contribution is 2.04. The molecule has 0 aliphatic heterocycles. The van der Waals surface area contributed by atoms with Crippen LogP contribution >= 0.6 is 0 Å². The molecule has 0 saturated heterocycles. The van der Waals surface area contributed by atoms with Crippen molar-refractivity contribution in [3.63, 3.8) is 0 Å². The van der Waals surface area contributed by atoms with Gasteiger partial charge < -0.3 is 11.1 Å². The number of sulfonamides is 1. The third-order valence-electron chi connectivity index (χ3n) is 2.46. The van der Waals surface area contributed by atoms with Gasteiger partial charge in [0.2, 0.25) is 15.9 Å². The summed E-state index contributed by atoms with van der Waals surface area (Å²) >= 11 is 0. The van der Waals surface area contributed by atoms with Crippen molar-refractivity contribution in [2.24, 2.45) is 16.8 Å². The van der Waals surface area contributed by atoms with Crippen molar-refractivity contribution < 1.29 is 13.2 Å². The van der Waals surface area contributed by atoms with Gasteiger partial charge in [0.1, 0.15) is 0 Å². The predicted octanol–water partition coefficient (Wildman–Crippen LogP) is -0.845. The molecule has 0 radical (unpaired) electrons. The van der Waals surface area contributed by atoms with Crippen molar-refractivity contribution in [2.75, 3.05) is 12.3 Å². The lowest BCUT2D eigenvalue weighted by atomic mass is 9.99. The van der Waals surface area contributed by atoms with Gasteiger partial charge in [-0.1, -0.05) is 20.3 Å². The van der Waals surface area contributed by atoms with E-state index in [-0.39, 0.29) is 24.1 Å². The summed E-state index contributed by atoms with van der Waals surface area (Å²) in [6.07, 6.45) is 1.13. The molecule has 0 aromatic carbocycles. The summed E-state index contributed by atoms with van der Waals surface area (Å²) in [5.74, 6) is -0.270. The maximum atomic E-state index is 11.5. The Morgan fingerprint density at radius 3 is 2.44 bits per heavy atom. The molecule has 0 fully saturated rings. The lowest BCUT2D eigenvalue weighted by Gasteiger charge is -2.17. The van der Waals surface area contributed by atoms with E-state index in [4.69, 9.17) is 10.9 Å². The van der Waals surface area contributed by atoms with Crippen LogP contribution in [0.2, 0.25) is 0 Å². The predicted molar refractivity (Wildman–Crippen MR) is 63.0 cm³/mol. The fourth-order valence-corrected chi connectivity index (χ4v) is 1.66. The molecule has 16 heavy (non-hydrogen) atoms. The van der Waals surface area contributed by atoms with Crippen LogP contribution in [0.5, 0.6) is 0 Å². The number of hydrogen-bond donors (Lipinski definition) is 3. The van der Waals surface area contributed by atoms with Gasteiger partial charge in [0.15, 0.2) is 0 Å². The van der Waals surface area contributed by atoms with E-state index in [9.17, 15) is 13.2 Å². The number of primary sulfonamides is 1. The van der Waals surface area contributed by atoms with E-state index in [2.05, 4.69) is 5.32 Å². The maximum Gasteiger partial charge on any atom is 0.237 e. The van der Waals surface area contributed by atoms with Crippen LogP contribution in [0, 0.1) is 5.92 Å². The summed E-state index contributed by atoms with van der Waals surface area (Å²) in [5.41, 5.74) is 5.68. The number of nitrogens with one attached hydrogen (secondary N) is 1. The highest BCUT2D eigenvalue weighted by molar-refractivity contribution is 7.89. The van der Waals surface area contributed by atoms with Crippen LogP contribution in [0.15, 0.2) is 0 Å². The van der Waals surface area contributed by atoms with Crippen molar-refractivity contribution in [1.82, 2.24) is 5.32 Å². The van der Waals surface area contributed by atoms with Crippen LogP contribution in [0.4, 0.5) is 0 Å². The molecule has 6 nitrogen and oxygen atoms in total. The average Bonchev–Trinajstić information content (AvgIpc) is 2.20. The lowest BCUT2D eigenvalue weighted by Crippen LogP contribution is -2.45. The van der Waals surface area contributed by atoms with Gasteiger partial charge in [0.25, 0.3) is 0 Å². The second kappa shape index (κ2) is 6.82. The molecule has 0 heterocycles. The van der Waals surface area contributed by atoms with Gasteiger partial charge in [-0.3, -0.25) is 4.79 Å². The third-order valence-corrected chi connectivity index (χ3v) is 3.32. The molecular formula is C9H21N3O3S. The van der Waals surface area contributed by atoms with Crippen molar-refractivity contribution >= 4 is 15.9 Å². The molecule has 0 aromatic rings. The Labute approximate surface area is 96.8 Å². The maximum absolute atomic E-state index is 11.5. The Hall–Kier alpha value is -0.660. The molecule has 0 aromatic heterocycles. The first-order chi connectivity index (χ1) is 7.28. The summed E-state index contributed by atoms with van der Waals surface area (Å²) in [6, 6.07) is -0.542. The zero-order valence-electron chi connectivity index (χ0n) is 9.77. The normalized spacial score (nSPS) is 15.5. The Bertz CT molecular complexity index is 316. The van der Waals surface area contributed by atoms with E-state index in [0.29, 0.717) is 6.42 Å². The van der Waals surface area contributed by atoms with Crippen LogP contribution in [0.25, 0.3) is 0 Å². The molecule has 7 heteroatoms. The highest BCUT2D eigenvalue weighted by Gasteiger charge is 2.18. The Morgan fingerprint density at radius 1 is 1.44 bits per heavy atom. The van der Waals surface area contributed by atoms with Crippen molar-refractivity contribution in [1.29, 1.82) is 0 Å². The number of amides is 1. The molecule has 2 atom stereocenters. The van der Waals surface area contributed by atoms with Gasteiger partial charge in [-0.15, -0.1) is 0 Å². The lowest BCUT2D eigenvalue weighted by molar-refractivity contribution is -0.123. The first-order valence-electron chi connectivity index (χ1n) is 5.31. The third kappa shape index (κ3) is 6.76. The topological polar surface area (TPSA) is 115 Å². The second-order valence-corrected chi connectivity index (χ2v) is 5.66. The summed E-state index contributed by atoms with van der Waals surface area (Å²) < 4.78 is 21.2. The SMILES string of the molecule is CC[C@H](C)[C@H](N)C(=O)NCCCS(N)(=O)=O. The fraction of sp³-hybridized carbons (Fsp3) is 0.889. The summed E-state index contributed by atoms with van der Waals surface area (Å²) in [5, 5.41) is 7.40. The van der Waals surface area contributed by atoms with E-state index in [0.717, 1.165) is 6.42 Å². The van der Waals surface area contributed by atoms with Gasteiger partial charge in [-0.2, -0.15) is 0 Å². The molecule has 0 bridgehead atoms. The van der Waals surface area contributed by atoms with Crippen LogP contribution in [-0.2, 0) is 14.8 Å². The molecule has 5 N–H and O–H groups in total. The van der Waals surface area contributed by atoms with Crippen molar-refractivity contribution in [3.05, 3.63) is 0 Å².